The third kappa shape index (κ3) is 3.04. The molecule has 0 saturated heterocycles. The minimum absolute atomic E-state index is 0.364. The van der Waals surface area contributed by atoms with Gasteiger partial charge in [-0.15, -0.1) is 0 Å². The molecule has 5 heteroatoms. The molecule has 2 heterocycles. The first kappa shape index (κ1) is 11.6. The number of rotatable bonds is 5. The molecule has 0 atom stereocenters. The van der Waals surface area contributed by atoms with Gasteiger partial charge in [0.05, 0.1) is 11.4 Å². The van der Waals surface area contributed by atoms with Gasteiger partial charge in [-0.1, -0.05) is 5.16 Å². The van der Waals surface area contributed by atoms with Gasteiger partial charge in [-0.25, -0.2) is 0 Å². The molecular formula is C12H15N3O2. The van der Waals surface area contributed by atoms with Gasteiger partial charge in [0, 0.05) is 18.8 Å². The second kappa shape index (κ2) is 5.45. The fourth-order valence-corrected chi connectivity index (χ4v) is 1.46. The minimum atomic E-state index is 0.364. The van der Waals surface area contributed by atoms with E-state index in [9.17, 15) is 0 Å². The van der Waals surface area contributed by atoms with Gasteiger partial charge in [0.25, 0.3) is 0 Å². The molecule has 0 amide bonds. The number of hydrogen-bond donors (Lipinski definition) is 1. The first-order valence-corrected chi connectivity index (χ1v) is 5.43. The van der Waals surface area contributed by atoms with Crippen molar-refractivity contribution in [3.8, 4) is 5.75 Å². The van der Waals surface area contributed by atoms with Crippen molar-refractivity contribution in [3.63, 3.8) is 0 Å². The molecule has 0 radical (unpaired) electrons. The van der Waals surface area contributed by atoms with Crippen LogP contribution in [0.2, 0.25) is 0 Å². The molecule has 0 aliphatic rings. The lowest BCUT2D eigenvalue weighted by molar-refractivity contribution is 0.246. The fourth-order valence-electron chi connectivity index (χ4n) is 1.46. The van der Waals surface area contributed by atoms with Crippen molar-refractivity contribution in [3.05, 3.63) is 41.5 Å². The molecule has 5 nitrogen and oxygen atoms in total. The second-order valence-electron chi connectivity index (χ2n) is 3.69. The molecule has 0 unspecified atom stereocenters. The van der Waals surface area contributed by atoms with Crippen LogP contribution in [0.4, 0.5) is 0 Å². The van der Waals surface area contributed by atoms with E-state index in [1.807, 2.05) is 32.2 Å². The van der Waals surface area contributed by atoms with Crippen molar-refractivity contribution in [1.82, 2.24) is 15.5 Å². The summed E-state index contributed by atoms with van der Waals surface area (Å²) in [6.45, 7) is 2.96. The van der Waals surface area contributed by atoms with Gasteiger partial charge in [-0.3, -0.25) is 4.98 Å². The third-order valence-corrected chi connectivity index (χ3v) is 2.29. The summed E-state index contributed by atoms with van der Waals surface area (Å²) in [6, 6.07) is 5.60. The normalized spacial score (nSPS) is 10.5. The van der Waals surface area contributed by atoms with Crippen LogP contribution in [0.15, 0.2) is 28.9 Å². The molecule has 17 heavy (non-hydrogen) atoms. The quantitative estimate of drug-likeness (QED) is 0.851. The molecule has 0 spiro atoms. The smallest absolute Gasteiger partial charge is 0.174 e. The number of hydrogen-bond acceptors (Lipinski definition) is 5. The van der Waals surface area contributed by atoms with Crippen LogP contribution in [0.1, 0.15) is 17.1 Å². The first-order valence-electron chi connectivity index (χ1n) is 5.43. The molecule has 0 bridgehead atoms. The van der Waals surface area contributed by atoms with E-state index in [0.717, 1.165) is 17.1 Å². The van der Waals surface area contributed by atoms with Crippen LogP contribution in [0.5, 0.6) is 5.75 Å². The van der Waals surface area contributed by atoms with Crippen LogP contribution in [-0.2, 0) is 13.2 Å². The average molecular weight is 233 g/mol. The van der Waals surface area contributed by atoms with Crippen molar-refractivity contribution >= 4 is 0 Å². The fraction of sp³-hybridized carbons (Fsp3) is 0.333. The van der Waals surface area contributed by atoms with Crippen LogP contribution < -0.4 is 10.1 Å². The Bertz CT molecular complexity index is 482. The minimum Gasteiger partial charge on any atom is -0.484 e. The van der Waals surface area contributed by atoms with Gasteiger partial charge in [0.1, 0.15) is 12.4 Å². The van der Waals surface area contributed by atoms with Gasteiger partial charge in [0.2, 0.25) is 0 Å². The van der Waals surface area contributed by atoms with Crippen LogP contribution in [0.3, 0.4) is 0 Å². The predicted octanol–water partition coefficient (Wildman–Crippen LogP) is 1.68. The van der Waals surface area contributed by atoms with E-state index in [1.54, 1.807) is 6.20 Å². The number of pyridine rings is 1. The Morgan fingerprint density at radius 3 is 3.12 bits per heavy atom. The molecule has 0 fully saturated rings. The van der Waals surface area contributed by atoms with E-state index in [1.165, 1.54) is 0 Å². The van der Waals surface area contributed by atoms with E-state index in [2.05, 4.69) is 15.5 Å². The summed E-state index contributed by atoms with van der Waals surface area (Å²) in [7, 11) is 1.86. The Morgan fingerprint density at radius 2 is 2.35 bits per heavy atom. The van der Waals surface area contributed by atoms with Crippen LogP contribution in [0.25, 0.3) is 0 Å². The van der Waals surface area contributed by atoms with Crippen LogP contribution in [0, 0.1) is 6.92 Å². The average Bonchev–Trinajstić information content (AvgIpc) is 2.76. The zero-order valence-electron chi connectivity index (χ0n) is 9.93. The molecule has 90 valence electrons. The van der Waals surface area contributed by atoms with Gasteiger partial charge in [-0.05, 0) is 26.1 Å². The first-order chi connectivity index (χ1) is 8.29. The Labute approximate surface area is 99.8 Å². The topological polar surface area (TPSA) is 60.2 Å². The van der Waals surface area contributed by atoms with E-state index < -0.39 is 0 Å². The van der Waals surface area contributed by atoms with Gasteiger partial charge < -0.3 is 14.6 Å². The number of ether oxygens (including phenoxy) is 1. The number of aryl methyl sites for hydroxylation is 1. The Hall–Kier alpha value is -1.88. The zero-order chi connectivity index (χ0) is 12.1. The van der Waals surface area contributed by atoms with E-state index >= 15 is 0 Å². The molecule has 2 rings (SSSR count). The Kier molecular flexibility index (Phi) is 3.72. The molecule has 2 aromatic heterocycles. The SMILES string of the molecule is CNCc1cc(COc2cccnc2C)on1. The van der Waals surface area contributed by atoms with Crippen molar-refractivity contribution in [1.29, 1.82) is 0 Å². The maximum Gasteiger partial charge on any atom is 0.174 e. The molecule has 0 saturated carbocycles. The standard InChI is InChI=1S/C12H15N3O2/c1-9-12(4-3-5-14-9)16-8-11-6-10(7-13-2)15-17-11/h3-6,13H,7-8H2,1-2H3. The molecule has 2 aromatic rings. The summed E-state index contributed by atoms with van der Waals surface area (Å²) >= 11 is 0. The number of aromatic nitrogens is 2. The highest BCUT2D eigenvalue weighted by molar-refractivity contribution is 5.25. The van der Waals surface area contributed by atoms with Gasteiger partial charge in [0.15, 0.2) is 5.76 Å². The highest BCUT2D eigenvalue weighted by Crippen LogP contribution is 2.15. The lowest BCUT2D eigenvalue weighted by Crippen LogP contribution is -2.04. The van der Waals surface area contributed by atoms with E-state index in [0.29, 0.717) is 18.9 Å². The van der Waals surface area contributed by atoms with E-state index in [4.69, 9.17) is 9.26 Å². The largest absolute Gasteiger partial charge is 0.484 e. The Morgan fingerprint density at radius 1 is 1.47 bits per heavy atom. The Balaban J connectivity index is 1.95. The molecule has 0 aromatic carbocycles. The predicted molar refractivity (Wildman–Crippen MR) is 62.6 cm³/mol. The lowest BCUT2D eigenvalue weighted by atomic mass is 10.3. The summed E-state index contributed by atoms with van der Waals surface area (Å²) in [5, 5.41) is 6.91. The van der Waals surface area contributed by atoms with E-state index in [-0.39, 0.29) is 0 Å². The summed E-state index contributed by atoms with van der Waals surface area (Å²) < 4.78 is 10.7. The van der Waals surface area contributed by atoms with Crippen molar-refractivity contribution in [2.75, 3.05) is 7.05 Å². The second-order valence-corrected chi connectivity index (χ2v) is 3.69. The summed E-state index contributed by atoms with van der Waals surface area (Å²) in [5.74, 6) is 1.47. The highest BCUT2D eigenvalue weighted by atomic mass is 16.5. The summed E-state index contributed by atoms with van der Waals surface area (Å²) in [5.41, 5.74) is 1.73. The lowest BCUT2D eigenvalue weighted by Gasteiger charge is -2.05. The van der Waals surface area contributed by atoms with Crippen molar-refractivity contribution in [2.45, 2.75) is 20.1 Å². The van der Waals surface area contributed by atoms with Gasteiger partial charge in [-0.2, -0.15) is 0 Å². The van der Waals surface area contributed by atoms with Crippen LogP contribution >= 0.6 is 0 Å². The maximum absolute atomic E-state index is 5.60. The number of nitrogens with one attached hydrogen (secondary N) is 1. The van der Waals surface area contributed by atoms with Crippen LogP contribution in [-0.4, -0.2) is 17.2 Å². The molecule has 0 aliphatic heterocycles. The van der Waals surface area contributed by atoms with Gasteiger partial charge >= 0.3 is 0 Å². The van der Waals surface area contributed by atoms with Crippen molar-refractivity contribution < 1.29 is 9.26 Å². The molecule has 1 N–H and O–H groups in total. The van der Waals surface area contributed by atoms with Crippen molar-refractivity contribution in [2.24, 2.45) is 0 Å². The highest BCUT2D eigenvalue weighted by Gasteiger charge is 2.05. The summed E-state index contributed by atoms with van der Waals surface area (Å²) in [6.07, 6.45) is 1.74. The molecular weight excluding hydrogens is 218 g/mol. The monoisotopic (exact) mass is 233 g/mol. The zero-order valence-corrected chi connectivity index (χ0v) is 9.93. The third-order valence-electron chi connectivity index (χ3n) is 2.29. The summed E-state index contributed by atoms with van der Waals surface area (Å²) in [4.78, 5) is 4.14. The maximum atomic E-state index is 5.60. The number of nitrogens with zero attached hydrogens (tertiary/aromatic N) is 2. The molecule has 0 aliphatic carbocycles.